The molecule has 0 aliphatic carbocycles. The van der Waals surface area contributed by atoms with Gasteiger partial charge in [-0.2, -0.15) is 0 Å². The molecule has 0 fully saturated rings. The van der Waals surface area contributed by atoms with Gasteiger partial charge in [-0.3, -0.25) is 9.78 Å². The number of carbonyl (C=O) groups is 1. The zero-order valence-electron chi connectivity index (χ0n) is 8.53. The van der Waals surface area contributed by atoms with Crippen molar-refractivity contribution >= 4 is 21.8 Å². The Hall–Kier alpha value is -0.940. The van der Waals surface area contributed by atoms with Crippen LogP contribution in [0.1, 0.15) is 23.7 Å². The molecule has 82 valence electrons. The van der Waals surface area contributed by atoms with Gasteiger partial charge in [0.05, 0.1) is 5.56 Å². The van der Waals surface area contributed by atoms with Crippen LogP contribution in [0.3, 0.4) is 0 Å². The molecule has 4 nitrogen and oxygen atoms in total. The van der Waals surface area contributed by atoms with E-state index in [-0.39, 0.29) is 11.9 Å². The molecule has 0 aliphatic heterocycles. The molecule has 1 heterocycles. The van der Waals surface area contributed by atoms with Crippen molar-refractivity contribution in [3.8, 4) is 0 Å². The van der Waals surface area contributed by atoms with E-state index in [4.69, 9.17) is 5.73 Å². The van der Waals surface area contributed by atoms with Gasteiger partial charge in [-0.1, -0.05) is 6.92 Å². The lowest BCUT2D eigenvalue weighted by atomic mass is 10.2. The van der Waals surface area contributed by atoms with Crippen LogP contribution in [0.5, 0.6) is 0 Å². The van der Waals surface area contributed by atoms with Crippen LogP contribution in [-0.4, -0.2) is 23.5 Å². The summed E-state index contributed by atoms with van der Waals surface area (Å²) >= 11 is 3.26. The maximum atomic E-state index is 11.7. The summed E-state index contributed by atoms with van der Waals surface area (Å²) in [5, 5.41) is 2.84. The van der Waals surface area contributed by atoms with Gasteiger partial charge in [-0.05, 0) is 28.4 Å². The van der Waals surface area contributed by atoms with Crippen molar-refractivity contribution < 1.29 is 4.79 Å². The van der Waals surface area contributed by atoms with Gasteiger partial charge in [-0.25, -0.2) is 0 Å². The first-order chi connectivity index (χ1) is 7.17. The minimum atomic E-state index is -0.138. The second kappa shape index (κ2) is 5.82. The van der Waals surface area contributed by atoms with E-state index in [9.17, 15) is 4.79 Å². The fraction of sp³-hybridized carbons (Fsp3) is 0.400. The number of halogens is 1. The van der Waals surface area contributed by atoms with Gasteiger partial charge in [0, 0.05) is 29.5 Å². The summed E-state index contributed by atoms with van der Waals surface area (Å²) < 4.78 is 0.788. The highest BCUT2D eigenvalue weighted by Gasteiger charge is 2.10. The Balaban J connectivity index is 2.68. The summed E-state index contributed by atoms with van der Waals surface area (Å²) in [6.45, 7) is 2.43. The van der Waals surface area contributed by atoms with Crippen molar-refractivity contribution in [2.24, 2.45) is 5.73 Å². The maximum absolute atomic E-state index is 11.7. The number of nitrogens with one attached hydrogen (secondary N) is 1. The van der Waals surface area contributed by atoms with Crippen LogP contribution >= 0.6 is 15.9 Å². The van der Waals surface area contributed by atoms with Crippen LogP contribution in [0, 0.1) is 0 Å². The third kappa shape index (κ3) is 3.60. The van der Waals surface area contributed by atoms with Crippen molar-refractivity contribution in [3.05, 3.63) is 28.5 Å². The number of amides is 1. The van der Waals surface area contributed by atoms with Crippen molar-refractivity contribution in [1.29, 1.82) is 0 Å². The summed E-state index contributed by atoms with van der Waals surface area (Å²) in [6, 6.07) is 1.75. The minimum absolute atomic E-state index is 0.0245. The van der Waals surface area contributed by atoms with E-state index >= 15 is 0 Å². The molecule has 0 aromatic carbocycles. The first-order valence-corrected chi connectivity index (χ1v) is 5.58. The fourth-order valence-electron chi connectivity index (χ4n) is 1.13. The third-order valence-corrected chi connectivity index (χ3v) is 2.51. The van der Waals surface area contributed by atoms with Gasteiger partial charge < -0.3 is 11.1 Å². The fourth-order valence-corrected chi connectivity index (χ4v) is 1.50. The van der Waals surface area contributed by atoms with Gasteiger partial charge >= 0.3 is 0 Å². The highest BCUT2D eigenvalue weighted by Crippen LogP contribution is 2.09. The van der Waals surface area contributed by atoms with Crippen LogP contribution in [0.15, 0.2) is 22.9 Å². The summed E-state index contributed by atoms with van der Waals surface area (Å²) in [5.41, 5.74) is 6.04. The standard InChI is InChI=1S/C10H14BrN3O/c1-2-9(4-12)14-10(15)7-3-8(11)6-13-5-7/h3,5-6,9H,2,4,12H2,1H3,(H,14,15). The molecule has 1 atom stereocenters. The van der Waals surface area contributed by atoms with Gasteiger partial charge in [0.25, 0.3) is 5.91 Å². The van der Waals surface area contributed by atoms with E-state index < -0.39 is 0 Å². The highest BCUT2D eigenvalue weighted by atomic mass is 79.9. The van der Waals surface area contributed by atoms with E-state index in [0.29, 0.717) is 12.1 Å². The van der Waals surface area contributed by atoms with Crippen LogP contribution < -0.4 is 11.1 Å². The molecular weight excluding hydrogens is 258 g/mol. The second-order valence-electron chi connectivity index (χ2n) is 3.21. The number of aromatic nitrogens is 1. The van der Waals surface area contributed by atoms with E-state index in [1.165, 1.54) is 6.20 Å². The van der Waals surface area contributed by atoms with Crippen molar-refractivity contribution in [3.63, 3.8) is 0 Å². The molecule has 0 spiro atoms. The number of hydrogen-bond acceptors (Lipinski definition) is 3. The number of pyridine rings is 1. The molecule has 0 aliphatic rings. The molecule has 3 N–H and O–H groups in total. The molecule has 1 aromatic rings. The number of nitrogens with zero attached hydrogens (tertiary/aromatic N) is 1. The molecule has 1 unspecified atom stereocenters. The van der Waals surface area contributed by atoms with Gasteiger partial charge in [-0.15, -0.1) is 0 Å². The molecule has 0 radical (unpaired) electrons. The monoisotopic (exact) mass is 271 g/mol. The molecule has 0 saturated heterocycles. The van der Waals surface area contributed by atoms with Crippen molar-refractivity contribution in [1.82, 2.24) is 10.3 Å². The Morgan fingerprint density at radius 1 is 1.67 bits per heavy atom. The second-order valence-corrected chi connectivity index (χ2v) is 4.12. The van der Waals surface area contributed by atoms with Crippen molar-refractivity contribution in [2.75, 3.05) is 6.54 Å². The molecule has 0 saturated carbocycles. The first-order valence-electron chi connectivity index (χ1n) is 4.78. The lowest BCUT2D eigenvalue weighted by Gasteiger charge is -2.14. The zero-order valence-corrected chi connectivity index (χ0v) is 10.1. The molecule has 5 heteroatoms. The average molecular weight is 272 g/mol. The molecule has 1 aromatic heterocycles. The quantitative estimate of drug-likeness (QED) is 0.868. The number of carbonyl (C=O) groups excluding carboxylic acids is 1. The molecule has 1 amide bonds. The van der Waals surface area contributed by atoms with Crippen LogP contribution in [0.4, 0.5) is 0 Å². The van der Waals surface area contributed by atoms with E-state index in [1.54, 1.807) is 12.3 Å². The Bertz CT molecular complexity index is 339. The van der Waals surface area contributed by atoms with E-state index in [0.717, 1.165) is 10.9 Å². The molecular formula is C10H14BrN3O. The summed E-state index contributed by atoms with van der Waals surface area (Å²) in [5.74, 6) is -0.138. The van der Waals surface area contributed by atoms with E-state index in [2.05, 4.69) is 26.2 Å². The number of nitrogens with two attached hydrogens (primary N) is 1. The number of rotatable bonds is 4. The molecule has 0 bridgehead atoms. The summed E-state index contributed by atoms with van der Waals surface area (Å²) in [4.78, 5) is 15.6. The Morgan fingerprint density at radius 2 is 2.40 bits per heavy atom. The lowest BCUT2D eigenvalue weighted by molar-refractivity contribution is 0.0936. The zero-order chi connectivity index (χ0) is 11.3. The number of hydrogen-bond donors (Lipinski definition) is 2. The molecule has 15 heavy (non-hydrogen) atoms. The van der Waals surface area contributed by atoms with E-state index in [1.807, 2.05) is 6.92 Å². The summed E-state index contributed by atoms with van der Waals surface area (Å²) in [7, 11) is 0. The predicted octanol–water partition coefficient (Wildman–Crippen LogP) is 1.31. The van der Waals surface area contributed by atoms with Gasteiger partial charge in [0.2, 0.25) is 0 Å². The Labute approximate surface area is 97.4 Å². The normalized spacial score (nSPS) is 12.2. The Morgan fingerprint density at radius 3 is 2.93 bits per heavy atom. The van der Waals surface area contributed by atoms with Gasteiger partial charge in [0.1, 0.15) is 0 Å². The smallest absolute Gasteiger partial charge is 0.253 e. The first kappa shape index (κ1) is 12.1. The Kier molecular flexibility index (Phi) is 4.71. The predicted molar refractivity (Wildman–Crippen MR) is 62.5 cm³/mol. The van der Waals surface area contributed by atoms with Crippen molar-refractivity contribution in [2.45, 2.75) is 19.4 Å². The topological polar surface area (TPSA) is 68.0 Å². The van der Waals surface area contributed by atoms with Gasteiger partial charge in [0.15, 0.2) is 0 Å². The average Bonchev–Trinajstić information content (AvgIpc) is 2.25. The minimum Gasteiger partial charge on any atom is -0.348 e. The summed E-state index contributed by atoms with van der Waals surface area (Å²) in [6.07, 6.45) is 3.99. The largest absolute Gasteiger partial charge is 0.348 e. The van der Waals surface area contributed by atoms with Crippen LogP contribution in [0.25, 0.3) is 0 Å². The SMILES string of the molecule is CCC(CN)NC(=O)c1cncc(Br)c1. The third-order valence-electron chi connectivity index (χ3n) is 2.08. The lowest BCUT2D eigenvalue weighted by Crippen LogP contribution is -2.39. The highest BCUT2D eigenvalue weighted by molar-refractivity contribution is 9.10. The van der Waals surface area contributed by atoms with Crippen LogP contribution in [0.2, 0.25) is 0 Å². The van der Waals surface area contributed by atoms with Crippen LogP contribution in [-0.2, 0) is 0 Å². The maximum Gasteiger partial charge on any atom is 0.253 e. The molecule has 1 rings (SSSR count).